The molecule has 3 saturated carbocycles. The molecule has 5 heteroatoms. The molecule has 0 saturated heterocycles. The van der Waals surface area contributed by atoms with Crippen LogP contribution in [0.2, 0.25) is 0 Å². The number of rotatable bonds is 0. The van der Waals surface area contributed by atoms with Crippen LogP contribution < -0.4 is 12.4 Å². The molecule has 3 nitrogen and oxygen atoms in total. The summed E-state index contributed by atoms with van der Waals surface area (Å²) in [5, 5.41) is 26.7. The Morgan fingerprint density at radius 3 is 0.652 bits per heavy atom. The summed E-state index contributed by atoms with van der Waals surface area (Å²) in [5.41, 5.74) is 0. The molecule has 0 heterocycles. The molecule has 0 unspecified atom stereocenters. The van der Waals surface area contributed by atoms with E-state index in [2.05, 4.69) is 0 Å². The Labute approximate surface area is 163 Å². The number of hydrogen-bond acceptors (Lipinski definition) is 3. The van der Waals surface area contributed by atoms with Gasteiger partial charge in [0.1, 0.15) is 0 Å². The Morgan fingerprint density at radius 2 is 0.565 bits per heavy atom. The summed E-state index contributed by atoms with van der Waals surface area (Å²) < 4.78 is 0. The minimum atomic E-state index is 0. The molecule has 0 aromatic rings. The van der Waals surface area contributed by atoms with Crippen molar-refractivity contribution in [3.8, 4) is 0 Å². The molecule has 3 fully saturated rings. The van der Waals surface area contributed by atoms with E-state index in [0.29, 0.717) is 0 Å². The van der Waals surface area contributed by atoms with Crippen LogP contribution in [0.25, 0.3) is 0 Å². The average molecular weight is 384 g/mol. The van der Waals surface area contributed by atoms with Crippen molar-refractivity contribution in [2.45, 2.75) is 115 Å². The second kappa shape index (κ2) is 17.7. The number of aliphatic hydroxyl groups excluding tert-OH is 3. The quantitative estimate of drug-likeness (QED) is 0.546. The largest absolute Gasteiger partial charge is 1.00 e. The third-order valence-electron chi connectivity index (χ3n) is 4.72. The molecular weight excluding hydrogens is 348 g/mol. The van der Waals surface area contributed by atoms with Gasteiger partial charge in [-0.3, -0.25) is 0 Å². The Kier molecular flexibility index (Phi) is 20.1. The molecule has 23 heavy (non-hydrogen) atoms. The summed E-state index contributed by atoms with van der Waals surface area (Å²) in [6.45, 7) is 0. The SMILES string of the molecule is OC1CCCCC1.OC1CCCCC1.OC1CCCCC1.[Cl-].[Ti]. The molecule has 3 aliphatic carbocycles. The van der Waals surface area contributed by atoms with Gasteiger partial charge in [0.25, 0.3) is 0 Å². The number of hydrogen-bond donors (Lipinski definition) is 3. The molecule has 0 spiro atoms. The first kappa shape index (κ1) is 26.1. The molecule has 0 amide bonds. The minimum Gasteiger partial charge on any atom is -1.00 e. The maximum absolute atomic E-state index is 8.91. The van der Waals surface area contributed by atoms with Gasteiger partial charge in [-0.15, -0.1) is 0 Å². The second-order valence-electron chi connectivity index (χ2n) is 6.88. The number of aliphatic hydroxyl groups is 3. The van der Waals surface area contributed by atoms with E-state index in [4.69, 9.17) is 15.3 Å². The molecule has 0 aromatic carbocycles. The van der Waals surface area contributed by atoms with Gasteiger partial charge in [-0.05, 0) is 38.5 Å². The van der Waals surface area contributed by atoms with Crippen LogP contribution in [0.3, 0.4) is 0 Å². The van der Waals surface area contributed by atoms with Gasteiger partial charge in [0.2, 0.25) is 0 Å². The van der Waals surface area contributed by atoms with Crippen molar-refractivity contribution < 1.29 is 49.4 Å². The molecule has 0 bridgehead atoms. The van der Waals surface area contributed by atoms with E-state index in [0.717, 1.165) is 38.5 Å². The molecule has 3 N–H and O–H groups in total. The van der Waals surface area contributed by atoms with Crippen LogP contribution in [-0.2, 0) is 21.7 Å². The van der Waals surface area contributed by atoms with Crippen molar-refractivity contribution in [1.29, 1.82) is 0 Å². The monoisotopic (exact) mass is 383 g/mol. The van der Waals surface area contributed by atoms with Gasteiger partial charge in [-0.2, -0.15) is 0 Å². The molecule has 0 aliphatic heterocycles. The molecule has 138 valence electrons. The van der Waals surface area contributed by atoms with Crippen molar-refractivity contribution in [1.82, 2.24) is 0 Å². The van der Waals surface area contributed by atoms with Crippen LogP contribution >= 0.6 is 0 Å². The maximum Gasteiger partial charge on any atom is 0.0540 e. The van der Waals surface area contributed by atoms with E-state index in [1.165, 1.54) is 57.8 Å². The van der Waals surface area contributed by atoms with E-state index < -0.39 is 0 Å². The van der Waals surface area contributed by atoms with Gasteiger partial charge < -0.3 is 27.7 Å². The summed E-state index contributed by atoms with van der Waals surface area (Å²) in [5.74, 6) is 0. The van der Waals surface area contributed by atoms with Gasteiger partial charge in [-0.1, -0.05) is 57.8 Å². The Balaban J connectivity index is 0. The molecule has 0 atom stereocenters. The fourth-order valence-corrected chi connectivity index (χ4v) is 3.24. The van der Waals surface area contributed by atoms with E-state index in [9.17, 15) is 0 Å². The standard InChI is InChI=1S/3C6H12O.ClH.Ti/c3*7-6-4-2-1-3-5-6;;/h3*6-7H,1-5H2;1H;/p-1. The third-order valence-corrected chi connectivity index (χ3v) is 4.72. The van der Waals surface area contributed by atoms with Crippen molar-refractivity contribution in [3.63, 3.8) is 0 Å². The molecule has 3 rings (SSSR count). The maximum atomic E-state index is 8.91. The molecule has 0 aromatic heterocycles. The van der Waals surface area contributed by atoms with Crippen molar-refractivity contribution in [2.24, 2.45) is 0 Å². The van der Waals surface area contributed by atoms with E-state index in [1.54, 1.807) is 0 Å². The van der Waals surface area contributed by atoms with Gasteiger partial charge in [0, 0.05) is 21.7 Å². The fraction of sp³-hybridized carbons (Fsp3) is 1.00. The molecular formula is C18H36ClO3Ti-. The van der Waals surface area contributed by atoms with E-state index in [1.807, 2.05) is 0 Å². The summed E-state index contributed by atoms with van der Waals surface area (Å²) in [6, 6.07) is 0. The topological polar surface area (TPSA) is 60.7 Å². The third kappa shape index (κ3) is 16.1. The van der Waals surface area contributed by atoms with E-state index in [-0.39, 0.29) is 52.4 Å². The minimum absolute atomic E-state index is 0. The summed E-state index contributed by atoms with van der Waals surface area (Å²) in [6.07, 6.45) is 17.8. The first-order valence-corrected chi connectivity index (χ1v) is 9.22. The predicted octanol–water partition coefficient (Wildman–Crippen LogP) is 0.936. The Hall–Kier alpha value is 0.884. The summed E-state index contributed by atoms with van der Waals surface area (Å²) in [4.78, 5) is 0. The summed E-state index contributed by atoms with van der Waals surface area (Å²) >= 11 is 0. The normalized spacial score (nSPS) is 23.1. The van der Waals surface area contributed by atoms with Crippen LogP contribution in [-0.4, -0.2) is 33.6 Å². The average Bonchev–Trinajstić information content (AvgIpc) is 2.51. The molecule has 0 radical (unpaired) electrons. The number of halogens is 1. The van der Waals surface area contributed by atoms with Crippen molar-refractivity contribution >= 4 is 0 Å². The Morgan fingerprint density at radius 1 is 0.391 bits per heavy atom. The van der Waals surface area contributed by atoms with Crippen LogP contribution in [0.5, 0.6) is 0 Å². The zero-order chi connectivity index (χ0) is 15.3. The first-order valence-electron chi connectivity index (χ1n) is 9.22. The van der Waals surface area contributed by atoms with Gasteiger partial charge in [-0.25, -0.2) is 0 Å². The van der Waals surface area contributed by atoms with Crippen LogP contribution in [0.15, 0.2) is 0 Å². The second-order valence-corrected chi connectivity index (χ2v) is 6.88. The van der Waals surface area contributed by atoms with Gasteiger partial charge in [0.05, 0.1) is 18.3 Å². The van der Waals surface area contributed by atoms with Crippen molar-refractivity contribution in [2.75, 3.05) is 0 Å². The van der Waals surface area contributed by atoms with Crippen LogP contribution in [0, 0.1) is 0 Å². The molecule has 3 aliphatic rings. The fourth-order valence-electron chi connectivity index (χ4n) is 3.24. The van der Waals surface area contributed by atoms with Crippen molar-refractivity contribution in [3.05, 3.63) is 0 Å². The zero-order valence-electron chi connectivity index (χ0n) is 14.6. The van der Waals surface area contributed by atoms with Gasteiger partial charge >= 0.3 is 0 Å². The summed E-state index contributed by atoms with van der Waals surface area (Å²) in [7, 11) is 0. The zero-order valence-corrected chi connectivity index (χ0v) is 16.9. The van der Waals surface area contributed by atoms with Gasteiger partial charge in [0.15, 0.2) is 0 Å². The van der Waals surface area contributed by atoms with E-state index >= 15 is 0 Å². The van der Waals surface area contributed by atoms with Crippen LogP contribution in [0.4, 0.5) is 0 Å². The Bertz CT molecular complexity index is 188. The first-order chi connectivity index (χ1) is 10.2. The predicted molar refractivity (Wildman–Crippen MR) is 87.3 cm³/mol. The smallest absolute Gasteiger partial charge is 0.0540 e. The van der Waals surface area contributed by atoms with Crippen LogP contribution in [0.1, 0.15) is 96.3 Å².